The zero-order valence-electron chi connectivity index (χ0n) is 18.2. The molecule has 3 aliphatic rings. The molecule has 0 saturated heterocycles. The number of hydrogen-bond donors (Lipinski definition) is 1. The summed E-state index contributed by atoms with van der Waals surface area (Å²) in [6.07, 6.45) is 10.7. The van der Waals surface area contributed by atoms with Gasteiger partial charge in [-0.15, -0.1) is 23.2 Å². The van der Waals surface area contributed by atoms with E-state index in [-0.39, 0.29) is 11.0 Å². The van der Waals surface area contributed by atoms with E-state index in [9.17, 15) is 5.11 Å². The van der Waals surface area contributed by atoms with Crippen LogP contribution >= 0.6 is 23.2 Å². The first-order valence-corrected chi connectivity index (χ1v) is 12.0. The molecule has 2 aliphatic carbocycles. The van der Waals surface area contributed by atoms with Crippen molar-refractivity contribution in [3.05, 3.63) is 34.9 Å². The number of halogens is 2. The van der Waals surface area contributed by atoms with E-state index in [1.54, 1.807) is 0 Å². The highest BCUT2D eigenvalue weighted by Gasteiger charge is 2.66. The molecule has 4 heteroatoms. The minimum Gasteiger partial charge on any atom is -0.508 e. The smallest absolute Gasteiger partial charge is 0.129 e. The molecule has 3 atom stereocenters. The first kappa shape index (κ1) is 21.4. The molecule has 1 heterocycles. The lowest BCUT2D eigenvalue weighted by molar-refractivity contribution is 0.00746. The zero-order chi connectivity index (χ0) is 21.0. The van der Waals surface area contributed by atoms with Crippen molar-refractivity contribution in [3.63, 3.8) is 0 Å². The molecule has 1 aromatic carbocycles. The average Bonchev–Trinajstić information content (AvgIpc) is 3.19. The van der Waals surface area contributed by atoms with Crippen LogP contribution in [0.4, 0.5) is 0 Å². The molecule has 0 bridgehead atoms. The second kappa shape index (κ2) is 7.38. The zero-order valence-corrected chi connectivity index (χ0v) is 19.7. The SMILES string of the molecule is CCCCCCC1(c2cc(O)c3c(c2)OC(C)(C)[C@@H]2CC=C(C)C[C@@H]32)CC1(Cl)Cl. The number of phenols is 1. The Morgan fingerprint density at radius 1 is 1.17 bits per heavy atom. The quantitative estimate of drug-likeness (QED) is 0.280. The molecule has 29 heavy (non-hydrogen) atoms. The molecule has 1 aromatic rings. The lowest BCUT2D eigenvalue weighted by Crippen LogP contribution is -2.45. The minimum absolute atomic E-state index is 0.267. The molecule has 1 N–H and O–H groups in total. The van der Waals surface area contributed by atoms with Crippen LogP contribution in [0.25, 0.3) is 0 Å². The van der Waals surface area contributed by atoms with Gasteiger partial charge in [-0.2, -0.15) is 0 Å². The number of allylic oxidation sites excluding steroid dienone is 2. The fraction of sp³-hybridized carbons (Fsp3) is 0.680. The molecular weight excluding hydrogens is 403 g/mol. The molecular formula is C25H34Cl2O2. The van der Waals surface area contributed by atoms with Crippen molar-refractivity contribution in [2.24, 2.45) is 5.92 Å². The highest BCUT2D eigenvalue weighted by molar-refractivity contribution is 6.52. The summed E-state index contributed by atoms with van der Waals surface area (Å²) < 4.78 is 5.75. The summed E-state index contributed by atoms with van der Waals surface area (Å²) >= 11 is 13.3. The third-order valence-corrected chi connectivity index (χ3v) is 8.60. The van der Waals surface area contributed by atoms with E-state index >= 15 is 0 Å². The highest BCUT2D eigenvalue weighted by atomic mass is 35.5. The summed E-state index contributed by atoms with van der Waals surface area (Å²) in [6, 6.07) is 4.06. The number of hydrogen-bond acceptors (Lipinski definition) is 2. The normalized spacial score (nSPS) is 31.3. The van der Waals surface area contributed by atoms with Gasteiger partial charge in [0.1, 0.15) is 21.4 Å². The molecule has 160 valence electrons. The first-order valence-electron chi connectivity index (χ1n) is 11.2. The van der Waals surface area contributed by atoms with Gasteiger partial charge in [0.2, 0.25) is 0 Å². The van der Waals surface area contributed by atoms with Crippen LogP contribution in [0, 0.1) is 5.92 Å². The van der Waals surface area contributed by atoms with E-state index in [1.165, 1.54) is 24.8 Å². The Labute approximate surface area is 185 Å². The maximum absolute atomic E-state index is 11.1. The van der Waals surface area contributed by atoms with Gasteiger partial charge in [-0.25, -0.2) is 0 Å². The molecule has 0 radical (unpaired) electrons. The predicted octanol–water partition coefficient (Wildman–Crippen LogP) is 7.79. The first-order chi connectivity index (χ1) is 13.6. The van der Waals surface area contributed by atoms with Crippen molar-refractivity contribution in [1.29, 1.82) is 0 Å². The van der Waals surface area contributed by atoms with Crippen molar-refractivity contribution in [1.82, 2.24) is 0 Å². The van der Waals surface area contributed by atoms with Gasteiger partial charge in [-0.1, -0.05) is 44.3 Å². The van der Waals surface area contributed by atoms with Gasteiger partial charge in [0.25, 0.3) is 0 Å². The lowest BCUT2D eigenvalue weighted by Gasteiger charge is -2.47. The van der Waals surface area contributed by atoms with E-state index in [0.717, 1.165) is 49.0 Å². The monoisotopic (exact) mass is 436 g/mol. The number of benzene rings is 1. The number of unbranched alkanes of at least 4 members (excludes halogenated alkanes) is 3. The number of ether oxygens (including phenoxy) is 1. The van der Waals surface area contributed by atoms with Crippen LogP contribution < -0.4 is 4.74 Å². The van der Waals surface area contributed by atoms with Crippen LogP contribution in [-0.2, 0) is 5.41 Å². The van der Waals surface area contributed by atoms with E-state index in [1.807, 2.05) is 6.07 Å². The Hall–Kier alpha value is -0.860. The van der Waals surface area contributed by atoms with Gasteiger partial charge in [-0.05, 0) is 64.2 Å². The van der Waals surface area contributed by atoms with E-state index < -0.39 is 4.33 Å². The number of rotatable bonds is 6. The molecule has 2 nitrogen and oxygen atoms in total. The van der Waals surface area contributed by atoms with Crippen LogP contribution in [0.15, 0.2) is 23.8 Å². The fourth-order valence-electron chi connectivity index (χ4n) is 5.76. The summed E-state index contributed by atoms with van der Waals surface area (Å²) in [7, 11) is 0. The fourth-order valence-corrected chi connectivity index (χ4v) is 6.62. The summed E-state index contributed by atoms with van der Waals surface area (Å²) in [5, 5.41) is 11.1. The van der Waals surface area contributed by atoms with Crippen LogP contribution in [0.3, 0.4) is 0 Å². The molecule has 1 saturated carbocycles. The van der Waals surface area contributed by atoms with Gasteiger partial charge in [0.05, 0.1) is 0 Å². The Bertz CT molecular complexity index is 826. The Kier molecular flexibility index (Phi) is 5.44. The number of fused-ring (bicyclic) bond motifs is 3. The maximum atomic E-state index is 11.1. The molecule has 0 amide bonds. The molecule has 4 rings (SSSR count). The molecule has 1 fully saturated rings. The van der Waals surface area contributed by atoms with Gasteiger partial charge < -0.3 is 9.84 Å². The summed E-state index contributed by atoms with van der Waals surface area (Å²) in [5.74, 6) is 1.84. The Morgan fingerprint density at radius 3 is 2.55 bits per heavy atom. The highest BCUT2D eigenvalue weighted by Crippen LogP contribution is 2.68. The van der Waals surface area contributed by atoms with Crippen molar-refractivity contribution >= 4 is 23.2 Å². The largest absolute Gasteiger partial charge is 0.508 e. The van der Waals surface area contributed by atoms with Crippen LogP contribution in [-0.4, -0.2) is 15.0 Å². The Balaban J connectivity index is 1.71. The van der Waals surface area contributed by atoms with Crippen molar-refractivity contribution in [2.45, 2.75) is 100 Å². The maximum Gasteiger partial charge on any atom is 0.129 e. The minimum atomic E-state index is -0.753. The number of phenolic OH excluding ortho intramolecular Hbond substituents is 1. The standard InChI is InChI=1S/C25H34Cl2O2/c1-5-6-7-8-11-24(15-25(24,26)27)17-13-20(28)22-18-12-16(2)9-10-19(18)23(3,4)29-21(22)14-17/h9,13-14,18-19,28H,5-8,10-12,15H2,1-4H3/t18-,19-,24?/m1/s1. The van der Waals surface area contributed by atoms with Gasteiger partial charge in [0, 0.05) is 22.8 Å². The van der Waals surface area contributed by atoms with Crippen molar-refractivity contribution < 1.29 is 9.84 Å². The third-order valence-electron chi connectivity index (χ3n) is 7.61. The summed E-state index contributed by atoms with van der Waals surface area (Å²) in [5.41, 5.74) is 2.86. The number of alkyl halides is 2. The molecule has 0 spiro atoms. The van der Waals surface area contributed by atoms with E-state index in [4.69, 9.17) is 27.9 Å². The summed E-state index contributed by atoms with van der Waals surface area (Å²) in [4.78, 5) is 0. The molecule has 1 aliphatic heterocycles. The van der Waals surface area contributed by atoms with Gasteiger partial charge in [0.15, 0.2) is 0 Å². The molecule has 0 aromatic heterocycles. The Morgan fingerprint density at radius 2 is 1.90 bits per heavy atom. The van der Waals surface area contributed by atoms with Crippen molar-refractivity contribution in [2.75, 3.05) is 0 Å². The van der Waals surface area contributed by atoms with Gasteiger partial charge in [-0.3, -0.25) is 0 Å². The predicted molar refractivity (Wildman–Crippen MR) is 122 cm³/mol. The van der Waals surface area contributed by atoms with E-state index in [0.29, 0.717) is 17.6 Å². The van der Waals surface area contributed by atoms with Crippen LogP contribution in [0.1, 0.15) is 96.1 Å². The lowest BCUT2D eigenvalue weighted by atomic mass is 9.67. The second-order valence-electron chi connectivity index (χ2n) is 10.1. The second-order valence-corrected chi connectivity index (χ2v) is 11.6. The van der Waals surface area contributed by atoms with Crippen LogP contribution in [0.5, 0.6) is 11.5 Å². The van der Waals surface area contributed by atoms with Gasteiger partial charge >= 0.3 is 0 Å². The number of aromatic hydroxyl groups is 1. The summed E-state index contributed by atoms with van der Waals surface area (Å²) in [6.45, 7) is 8.76. The van der Waals surface area contributed by atoms with Crippen LogP contribution in [0.2, 0.25) is 0 Å². The van der Waals surface area contributed by atoms with E-state index in [2.05, 4.69) is 39.8 Å². The average molecular weight is 437 g/mol. The molecule has 1 unspecified atom stereocenters. The van der Waals surface area contributed by atoms with Crippen molar-refractivity contribution in [3.8, 4) is 11.5 Å². The topological polar surface area (TPSA) is 29.5 Å². The third kappa shape index (κ3) is 3.59.